The summed E-state index contributed by atoms with van der Waals surface area (Å²) in [7, 11) is 2.22. The first-order valence-electron chi connectivity index (χ1n) is 9.31. The van der Waals surface area contributed by atoms with E-state index in [1.165, 1.54) is 37.9 Å². The van der Waals surface area contributed by atoms with Crippen LogP contribution in [0.2, 0.25) is 0 Å². The Bertz CT molecular complexity index is 551. The van der Waals surface area contributed by atoms with Gasteiger partial charge in [0, 0.05) is 25.5 Å². The second-order valence-corrected chi connectivity index (χ2v) is 7.87. The zero-order valence-electron chi connectivity index (χ0n) is 15.6. The van der Waals surface area contributed by atoms with Gasteiger partial charge in [0.05, 0.1) is 6.61 Å². The summed E-state index contributed by atoms with van der Waals surface area (Å²) in [5, 5.41) is 3.69. The van der Waals surface area contributed by atoms with Crippen molar-refractivity contribution < 1.29 is 9.47 Å². The molecule has 2 aliphatic heterocycles. The van der Waals surface area contributed by atoms with Crippen LogP contribution in [0.5, 0.6) is 5.75 Å². The van der Waals surface area contributed by atoms with Crippen LogP contribution in [0.1, 0.15) is 57.2 Å². The number of rotatable bonds is 5. The Hall–Kier alpha value is -1.10. The van der Waals surface area contributed by atoms with Crippen LogP contribution in [-0.4, -0.2) is 37.4 Å². The summed E-state index contributed by atoms with van der Waals surface area (Å²) in [5.41, 5.74) is 2.46. The van der Waals surface area contributed by atoms with Gasteiger partial charge in [-0.2, -0.15) is 0 Å². The lowest BCUT2D eigenvalue weighted by Crippen LogP contribution is -2.35. The summed E-state index contributed by atoms with van der Waals surface area (Å²) < 4.78 is 11.6. The number of hydrogen-bond acceptors (Lipinski definition) is 4. The molecule has 0 radical (unpaired) electrons. The van der Waals surface area contributed by atoms with Gasteiger partial charge in [0.1, 0.15) is 5.75 Å². The van der Waals surface area contributed by atoms with E-state index in [4.69, 9.17) is 9.47 Å². The Morgan fingerprint density at radius 1 is 1.29 bits per heavy atom. The first-order chi connectivity index (χ1) is 11.4. The number of nitrogens with zero attached hydrogens (tertiary/aromatic N) is 1. The minimum absolute atomic E-state index is 0.358. The smallest absolute Gasteiger partial charge is 0.205 e. The molecule has 1 fully saturated rings. The van der Waals surface area contributed by atoms with E-state index in [1.54, 1.807) is 0 Å². The van der Waals surface area contributed by atoms with E-state index >= 15 is 0 Å². The molecule has 1 aromatic carbocycles. The lowest BCUT2D eigenvalue weighted by molar-refractivity contribution is -0.180. The maximum atomic E-state index is 5.88. The molecule has 0 unspecified atom stereocenters. The number of piperidine rings is 1. The molecule has 4 heteroatoms. The van der Waals surface area contributed by atoms with Crippen molar-refractivity contribution in [3.63, 3.8) is 0 Å². The molecule has 0 aliphatic carbocycles. The Morgan fingerprint density at radius 3 is 2.79 bits per heavy atom. The van der Waals surface area contributed by atoms with Gasteiger partial charge in [0.25, 0.3) is 0 Å². The molecule has 1 N–H and O–H groups in total. The number of ether oxygens (including phenoxy) is 2. The monoisotopic (exact) mass is 332 g/mol. The second-order valence-electron chi connectivity index (χ2n) is 7.87. The molecule has 1 saturated heterocycles. The van der Waals surface area contributed by atoms with E-state index in [0.717, 1.165) is 23.8 Å². The highest BCUT2D eigenvalue weighted by molar-refractivity contribution is 5.39. The van der Waals surface area contributed by atoms with Gasteiger partial charge in [-0.05, 0) is 76.5 Å². The maximum Gasteiger partial charge on any atom is 0.205 e. The van der Waals surface area contributed by atoms with Gasteiger partial charge in [0.15, 0.2) is 0 Å². The van der Waals surface area contributed by atoms with Crippen molar-refractivity contribution in [1.29, 1.82) is 0 Å². The Balaban J connectivity index is 1.49. The van der Waals surface area contributed by atoms with E-state index in [2.05, 4.69) is 42.4 Å². The van der Waals surface area contributed by atoms with Crippen molar-refractivity contribution in [2.45, 2.75) is 58.5 Å². The van der Waals surface area contributed by atoms with Crippen LogP contribution < -0.4 is 10.1 Å². The predicted molar refractivity (Wildman–Crippen MR) is 97.2 cm³/mol. The van der Waals surface area contributed by atoms with Crippen molar-refractivity contribution >= 4 is 0 Å². The molecule has 2 heterocycles. The van der Waals surface area contributed by atoms with Crippen LogP contribution in [0.4, 0.5) is 0 Å². The largest absolute Gasteiger partial charge is 0.463 e. The molecule has 1 aromatic rings. The maximum absolute atomic E-state index is 5.88. The average Bonchev–Trinajstić information content (AvgIpc) is 2.55. The van der Waals surface area contributed by atoms with E-state index < -0.39 is 5.79 Å². The zero-order valence-corrected chi connectivity index (χ0v) is 15.6. The van der Waals surface area contributed by atoms with Gasteiger partial charge in [-0.15, -0.1) is 0 Å². The number of fused-ring (bicyclic) bond motifs is 1. The number of hydrogen-bond donors (Lipinski definition) is 1. The highest BCUT2D eigenvalue weighted by atomic mass is 16.7. The highest BCUT2D eigenvalue weighted by Crippen LogP contribution is 2.32. The van der Waals surface area contributed by atoms with Crippen molar-refractivity contribution in [3.8, 4) is 5.75 Å². The number of nitrogens with one attached hydrogen (secondary N) is 1. The highest BCUT2D eigenvalue weighted by Gasteiger charge is 2.27. The van der Waals surface area contributed by atoms with Gasteiger partial charge < -0.3 is 19.7 Å². The molecule has 24 heavy (non-hydrogen) atoms. The van der Waals surface area contributed by atoms with Crippen LogP contribution in [0.3, 0.4) is 0 Å². The summed E-state index contributed by atoms with van der Waals surface area (Å²) in [6.45, 7) is 10.4. The van der Waals surface area contributed by atoms with Crippen LogP contribution in [0.15, 0.2) is 18.2 Å². The number of benzene rings is 1. The zero-order chi connectivity index (χ0) is 17.2. The van der Waals surface area contributed by atoms with Crippen LogP contribution in [0.25, 0.3) is 0 Å². The molecular weight excluding hydrogens is 300 g/mol. The van der Waals surface area contributed by atoms with Gasteiger partial charge in [-0.3, -0.25) is 0 Å². The fourth-order valence-electron chi connectivity index (χ4n) is 3.60. The molecule has 0 spiro atoms. The first-order valence-corrected chi connectivity index (χ1v) is 9.31. The molecule has 2 aliphatic rings. The lowest BCUT2D eigenvalue weighted by atomic mass is 9.93. The third kappa shape index (κ3) is 4.50. The molecule has 0 saturated carbocycles. The predicted octanol–water partition coefficient (Wildman–Crippen LogP) is 3.71. The fourth-order valence-corrected chi connectivity index (χ4v) is 3.60. The minimum atomic E-state index is -0.521. The summed E-state index contributed by atoms with van der Waals surface area (Å²) in [6, 6.07) is 6.84. The van der Waals surface area contributed by atoms with Gasteiger partial charge in [0.2, 0.25) is 5.79 Å². The molecule has 0 bridgehead atoms. The van der Waals surface area contributed by atoms with E-state index in [0.29, 0.717) is 12.6 Å². The number of likely N-dealkylation sites (tertiary alicyclic amines) is 1. The van der Waals surface area contributed by atoms with Crippen molar-refractivity contribution in [3.05, 3.63) is 29.3 Å². The summed E-state index contributed by atoms with van der Waals surface area (Å²) in [6.07, 6.45) is 3.97. The van der Waals surface area contributed by atoms with Crippen LogP contribution in [-0.2, 0) is 11.3 Å². The Labute approximate surface area is 146 Å². The normalized spacial score (nSPS) is 22.7. The van der Waals surface area contributed by atoms with E-state index in [1.807, 2.05) is 13.8 Å². The van der Waals surface area contributed by atoms with Crippen molar-refractivity contribution in [2.24, 2.45) is 5.92 Å². The van der Waals surface area contributed by atoms with Crippen LogP contribution in [0, 0.1) is 5.92 Å². The first kappa shape index (κ1) is 17.7. The Morgan fingerprint density at radius 2 is 2.04 bits per heavy atom. The minimum Gasteiger partial charge on any atom is -0.463 e. The Kier molecular flexibility index (Phi) is 5.48. The average molecular weight is 332 g/mol. The quantitative estimate of drug-likeness (QED) is 0.891. The second kappa shape index (κ2) is 7.42. The molecule has 1 atom stereocenters. The summed E-state index contributed by atoms with van der Waals surface area (Å²) in [5.74, 6) is 1.31. The standard InChI is InChI=1S/C20H32N2O2/c1-15(21-10-7-16-8-11-22(4)12-9-16)17-5-6-19-18(13-17)14-23-20(2,3)24-19/h5-6,13,15-16,21H,7-12,14H2,1-4H3/t15-/m1/s1. The van der Waals surface area contributed by atoms with Crippen molar-refractivity contribution in [2.75, 3.05) is 26.7 Å². The molecule has 0 aromatic heterocycles. The summed E-state index contributed by atoms with van der Waals surface area (Å²) in [4.78, 5) is 2.44. The topological polar surface area (TPSA) is 33.7 Å². The molecule has 3 rings (SSSR count). The van der Waals surface area contributed by atoms with E-state index in [9.17, 15) is 0 Å². The SMILES string of the molecule is C[C@@H](NCCC1CCN(C)CC1)c1ccc2c(c1)COC(C)(C)O2. The molecule has 4 nitrogen and oxygen atoms in total. The van der Waals surface area contributed by atoms with E-state index in [-0.39, 0.29) is 0 Å². The van der Waals surface area contributed by atoms with Gasteiger partial charge in [-0.1, -0.05) is 6.07 Å². The van der Waals surface area contributed by atoms with Gasteiger partial charge in [-0.25, -0.2) is 0 Å². The summed E-state index contributed by atoms with van der Waals surface area (Å²) >= 11 is 0. The third-order valence-electron chi connectivity index (χ3n) is 5.36. The van der Waals surface area contributed by atoms with Crippen LogP contribution >= 0.6 is 0 Å². The lowest BCUT2D eigenvalue weighted by Gasteiger charge is -2.33. The molecule has 0 amide bonds. The van der Waals surface area contributed by atoms with Crippen molar-refractivity contribution in [1.82, 2.24) is 10.2 Å². The molecular formula is C20H32N2O2. The fraction of sp³-hybridized carbons (Fsp3) is 0.700. The van der Waals surface area contributed by atoms with Gasteiger partial charge >= 0.3 is 0 Å². The molecule has 134 valence electrons. The third-order valence-corrected chi connectivity index (χ3v) is 5.36.